The molecule has 0 aliphatic heterocycles. The highest BCUT2D eigenvalue weighted by Crippen LogP contribution is 2.28. The number of rotatable bonds is 5. The Morgan fingerprint density at radius 1 is 1.30 bits per heavy atom. The average molecular weight is 307 g/mol. The van der Waals surface area contributed by atoms with Crippen LogP contribution in [-0.2, 0) is 0 Å². The van der Waals surface area contributed by atoms with Gasteiger partial charge in [-0.15, -0.1) is 0 Å². The Labute approximate surface area is 121 Å². The third-order valence-corrected chi connectivity index (χ3v) is 3.06. The third-order valence-electron chi connectivity index (χ3n) is 2.76. The smallest absolute Gasteiger partial charge is 0.387 e. The van der Waals surface area contributed by atoms with Crippen LogP contribution in [0.4, 0.5) is 19.3 Å². The predicted molar refractivity (Wildman–Crippen MR) is 74.5 cm³/mol. The van der Waals surface area contributed by atoms with Crippen LogP contribution in [0.15, 0.2) is 18.2 Å². The number of carbonyl (C=O) groups excluding carboxylic acids is 1. The largest absolute Gasteiger partial charge is 0.433 e. The van der Waals surface area contributed by atoms with Gasteiger partial charge < -0.3 is 15.4 Å². The molecule has 1 aromatic carbocycles. The number of anilines is 1. The summed E-state index contributed by atoms with van der Waals surface area (Å²) in [5.74, 6) is 0.161. The molecule has 0 aromatic heterocycles. The third kappa shape index (κ3) is 5.21. The number of hydrogen-bond donors (Lipinski definition) is 2. The number of alkyl halides is 2. The molecule has 4 nitrogen and oxygen atoms in total. The number of amides is 2. The second-order valence-electron chi connectivity index (χ2n) is 4.65. The number of carbonyl (C=O) groups is 1. The number of nitrogens with one attached hydrogen (secondary N) is 2. The molecule has 0 saturated carbocycles. The lowest BCUT2D eigenvalue weighted by Crippen LogP contribution is -2.38. The molecule has 7 heteroatoms. The predicted octanol–water partition coefficient (Wildman–Crippen LogP) is 4.11. The van der Waals surface area contributed by atoms with Gasteiger partial charge in [-0.2, -0.15) is 8.78 Å². The van der Waals surface area contributed by atoms with Crippen molar-refractivity contribution in [2.45, 2.75) is 33.4 Å². The molecule has 0 bridgehead atoms. The van der Waals surface area contributed by atoms with Crippen molar-refractivity contribution in [3.8, 4) is 5.75 Å². The lowest BCUT2D eigenvalue weighted by molar-refractivity contribution is -0.0497. The van der Waals surface area contributed by atoms with E-state index in [1.54, 1.807) is 0 Å². The van der Waals surface area contributed by atoms with Crippen LogP contribution < -0.4 is 15.4 Å². The van der Waals surface area contributed by atoms with Crippen molar-refractivity contribution in [1.29, 1.82) is 0 Å². The molecule has 2 amide bonds. The summed E-state index contributed by atoms with van der Waals surface area (Å²) in [6.07, 6.45) is 0. The van der Waals surface area contributed by atoms with Crippen molar-refractivity contribution in [2.24, 2.45) is 5.92 Å². The zero-order valence-electron chi connectivity index (χ0n) is 11.4. The first-order valence-corrected chi connectivity index (χ1v) is 6.49. The van der Waals surface area contributed by atoms with Crippen LogP contribution in [0.5, 0.6) is 5.75 Å². The second-order valence-corrected chi connectivity index (χ2v) is 5.06. The van der Waals surface area contributed by atoms with Gasteiger partial charge in [0.15, 0.2) is 0 Å². The molecule has 1 unspecified atom stereocenters. The maximum Gasteiger partial charge on any atom is 0.387 e. The van der Waals surface area contributed by atoms with Crippen LogP contribution in [0.2, 0.25) is 5.02 Å². The summed E-state index contributed by atoms with van der Waals surface area (Å²) >= 11 is 5.78. The maximum atomic E-state index is 12.1. The van der Waals surface area contributed by atoms with Gasteiger partial charge in [-0.1, -0.05) is 25.4 Å². The number of hydrogen-bond acceptors (Lipinski definition) is 2. The van der Waals surface area contributed by atoms with Crippen LogP contribution in [0.25, 0.3) is 0 Å². The molecule has 0 fully saturated rings. The van der Waals surface area contributed by atoms with E-state index in [0.717, 1.165) is 0 Å². The van der Waals surface area contributed by atoms with Crippen LogP contribution in [0.3, 0.4) is 0 Å². The minimum absolute atomic E-state index is 0.00000745. The van der Waals surface area contributed by atoms with Crippen molar-refractivity contribution < 1.29 is 18.3 Å². The summed E-state index contributed by atoms with van der Waals surface area (Å²) in [7, 11) is 0. The van der Waals surface area contributed by atoms with Crippen molar-refractivity contribution in [3.05, 3.63) is 23.2 Å². The van der Waals surface area contributed by atoms with Crippen molar-refractivity contribution in [1.82, 2.24) is 5.32 Å². The van der Waals surface area contributed by atoms with Gasteiger partial charge in [-0.25, -0.2) is 4.79 Å². The minimum atomic E-state index is -2.94. The second kappa shape index (κ2) is 7.28. The van der Waals surface area contributed by atoms with Crippen LogP contribution >= 0.6 is 11.6 Å². The lowest BCUT2D eigenvalue weighted by Gasteiger charge is -2.18. The van der Waals surface area contributed by atoms with Gasteiger partial charge in [0.25, 0.3) is 0 Å². The molecule has 20 heavy (non-hydrogen) atoms. The number of urea groups is 1. The van der Waals surface area contributed by atoms with E-state index in [0.29, 0.717) is 11.6 Å². The molecular weight excluding hydrogens is 290 g/mol. The van der Waals surface area contributed by atoms with Gasteiger partial charge in [0.1, 0.15) is 5.75 Å². The van der Waals surface area contributed by atoms with Gasteiger partial charge in [0, 0.05) is 11.7 Å². The molecule has 0 aliphatic rings. The Morgan fingerprint density at radius 3 is 2.45 bits per heavy atom. The Hall–Kier alpha value is -1.56. The summed E-state index contributed by atoms with van der Waals surface area (Å²) in [6.45, 7) is 2.91. The van der Waals surface area contributed by atoms with Gasteiger partial charge in [0.2, 0.25) is 0 Å². The number of halogens is 3. The highest BCUT2D eigenvalue weighted by molar-refractivity contribution is 6.32. The summed E-state index contributed by atoms with van der Waals surface area (Å²) in [4.78, 5) is 11.7. The van der Waals surface area contributed by atoms with E-state index in [9.17, 15) is 13.6 Å². The number of benzene rings is 1. The minimum Gasteiger partial charge on any atom is -0.433 e. The molecule has 112 valence electrons. The molecule has 0 aliphatic carbocycles. The highest BCUT2D eigenvalue weighted by atomic mass is 35.5. The van der Waals surface area contributed by atoms with Crippen LogP contribution in [-0.4, -0.2) is 18.7 Å². The zero-order valence-corrected chi connectivity index (χ0v) is 12.2. The Kier molecular flexibility index (Phi) is 6.01. The summed E-state index contributed by atoms with van der Waals surface area (Å²) < 4.78 is 28.3. The topological polar surface area (TPSA) is 50.4 Å². The van der Waals surface area contributed by atoms with E-state index in [1.165, 1.54) is 18.2 Å². The van der Waals surface area contributed by atoms with Crippen LogP contribution in [0.1, 0.15) is 20.8 Å². The molecule has 0 spiro atoms. The van der Waals surface area contributed by atoms with Gasteiger partial charge >= 0.3 is 12.6 Å². The van der Waals surface area contributed by atoms with Gasteiger partial charge in [-0.3, -0.25) is 0 Å². The Balaban J connectivity index is 2.65. The molecule has 1 atom stereocenters. The molecule has 1 rings (SSSR count). The Bertz CT molecular complexity index is 470. The van der Waals surface area contributed by atoms with E-state index in [4.69, 9.17) is 11.6 Å². The van der Waals surface area contributed by atoms with Crippen molar-refractivity contribution in [2.75, 3.05) is 5.32 Å². The fourth-order valence-electron chi connectivity index (χ4n) is 1.31. The molecule has 1 aromatic rings. The molecule has 0 radical (unpaired) electrons. The molecule has 0 saturated heterocycles. The Morgan fingerprint density at radius 2 is 1.95 bits per heavy atom. The molecule has 2 N–H and O–H groups in total. The lowest BCUT2D eigenvalue weighted by atomic mass is 10.1. The monoisotopic (exact) mass is 306 g/mol. The van der Waals surface area contributed by atoms with E-state index in [2.05, 4.69) is 15.4 Å². The van der Waals surface area contributed by atoms with E-state index < -0.39 is 6.61 Å². The average Bonchev–Trinajstić information content (AvgIpc) is 2.31. The fraction of sp³-hybridized carbons (Fsp3) is 0.462. The zero-order chi connectivity index (χ0) is 15.3. The molecular formula is C13H17ClF2N2O2. The first-order valence-electron chi connectivity index (χ1n) is 6.11. The molecule has 0 heterocycles. The van der Waals surface area contributed by atoms with E-state index in [1.807, 2.05) is 20.8 Å². The summed E-state index contributed by atoms with van der Waals surface area (Å²) in [5, 5.41) is 5.32. The normalized spacial score (nSPS) is 12.4. The van der Waals surface area contributed by atoms with Crippen LogP contribution in [0, 0.1) is 5.92 Å². The maximum absolute atomic E-state index is 12.1. The van der Waals surface area contributed by atoms with Crippen molar-refractivity contribution >= 4 is 23.3 Å². The summed E-state index contributed by atoms with van der Waals surface area (Å²) in [5.41, 5.74) is 0.394. The van der Waals surface area contributed by atoms with Gasteiger partial charge in [-0.05, 0) is 31.0 Å². The first kappa shape index (κ1) is 16.5. The highest BCUT2D eigenvalue weighted by Gasteiger charge is 2.12. The number of ether oxygens (including phenoxy) is 1. The first-order chi connectivity index (χ1) is 9.29. The quantitative estimate of drug-likeness (QED) is 0.860. The fourth-order valence-corrected chi connectivity index (χ4v) is 1.54. The SMILES string of the molecule is CC(C)C(C)NC(=O)Nc1ccc(OC(F)F)c(Cl)c1. The standard InChI is InChI=1S/C13H17ClF2N2O2/c1-7(2)8(3)17-13(19)18-9-4-5-11(10(14)6-9)20-12(15)16/h4-8,12H,1-3H3,(H2,17,18,19). The van der Waals surface area contributed by atoms with Gasteiger partial charge in [0.05, 0.1) is 5.02 Å². The van der Waals surface area contributed by atoms with E-state index >= 15 is 0 Å². The summed E-state index contributed by atoms with van der Waals surface area (Å²) in [6, 6.07) is 3.68. The van der Waals surface area contributed by atoms with E-state index in [-0.39, 0.29) is 22.8 Å². The van der Waals surface area contributed by atoms with Crippen molar-refractivity contribution in [3.63, 3.8) is 0 Å².